The molecule has 0 bridgehead atoms. The number of nitrogens with zero attached hydrogens (tertiary/aromatic N) is 1. The Bertz CT molecular complexity index is 481. The van der Waals surface area contributed by atoms with Gasteiger partial charge >= 0.3 is 0 Å². The summed E-state index contributed by atoms with van der Waals surface area (Å²) in [7, 11) is 2.01. The molecule has 3 rings (SSSR count). The molecule has 0 amide bonds. The van der Waals surface area contributed by atoms with E-state index in [0.717, 1.165) is 13.0 Å². The van der Waals surface area contributed by atoms with Crippen LogP contribution in [0.3, 0.4) is 0 Å². The minimum atomic E-state index is -0.223. The highest BCUT2D eigenvalue weighted by atomic mass is 19.1. The first-order valence-electron chi connectivity index (χ1n) is 6.68. The Morgan fingerprint density at radius 3 is 2.63 bits per heavy atom. The smallest absolute Gasteiger partial charge is 0.164 e. The van der Waals surface area contributed by atoms with Crippen molar-refractivity contribution >= 4 is 0 Å². The lowest BCUT2D eigenvalue weighted by atomic mass is 9.99. The maximum atomic E-state index is 14.2. The molecule has 0 saturated carbocycles. The maximum absolute atomic E-state index is 14.2. The van der Waals surface area contributed by atoms with Crippen molar-refractivity contribution in [1.82, 2.24) is 4.90 Å². The largest absolute Gasteiger partial charge is 0.486 e. The second kappa shape index (κ2) is 4.98. The fraction of sp³-hybridized carbons (Fsp3) is 0.571. The van der Waals surface area contributed by atoms with E-state index in [1.807, 2.05) is 7.05 Å². The molecule has 19 heavy (non-hydrogen) atoms. The molecular formula is C14H19FN2O2. The zero-order valence-electron chi connectivity index (χ0n) is 11.1. The molecule has 2 atom stereocenters. The highest BCUT2D eigenvalue weighted by molar-refractivity contribution is 5.45. The molecule has 2 aliphatic heterocycles. The van der Waals surface area contributed by atoms with Crippen LogP contribution in [-0.4, -0.2) is 38.3 Å². The minimum Gasteiger partial charge on any atom is -0.486 e. The Hall–Kier alpha value is -1.33. The molecule has 104 valence electrons. The maximum Gasteiger partial charge on any atom is 0.164 e. The van der Waals surface area contributed by atoms with Crippen LogP contribution < -0.4 is 15.2 Å². The van der Waals surface area contributed by atoms with Crippen LogP contribution in [0.15, 0.2) is 12.1 Å². The van der Waals surface area contributed by atoms with Crippen LogP contribution in [0.25, 0.3) is 0 Å². The highest BCUT2D eigenvalue weighted by Gasteiger charge is 2.32. The van der Waals surface area contributed by atoms with Gasteiger partial charge in [0.1, 0.15) is 19.0 Å². The summed E-state index contributed by atoms with van der Waals surface area (Å²) in [5, 5.41) is 0. The van der Waals surface area contributed by atoms with Gasteiger partial charge < -0.3 is 15.2 Å². The quantitative estimate of drug-likeness (QED) is 0.882. The summed E-state index contributed by atoms with van der Waals surface area (Å²) >= 11 is 0. The van der Waals surface area contributed by atoms with Crippen molar-refractivity contribution in [3.05, 3.63) is 23.5 Å². The third-order valence-corrected chi connectivity index (χ3v) is 3.99. The van der Waals surface area contributed by atoms with Gasteiger partial charge in [-0.25, -0.2) is 4.39 Å². The van der Waals surface area contributed by atoms with Gasteiger partial charge in [-0.1, -0.05) is 0 Å². The summed E-state index contributed by atoms with van der Waals surface area (Å²) in [5.41, 5.74) is 6.40. The van der Waals surface area contributed by atoms with E-state index in [4.69, 9.17) is 15.2 Å². The first-order chi connectivity index (χ1) is 9.19. The molecule has 0 aliphatic carbocycles. The third kappa shape index (κ3) is 2.28. The average Bonchev–Trinajstić information content (AvgIpc) is 2.79. The Morgan fingerprint density at radius 2 is 2.00 bits per heavy atom. The zero-order valence-corrected chi connectivity index (χ0v) is 11.1. The molecule has 5 heteroatoms. The lowest BCUT2D eigenvalue weighted by Crippen LogP contribution is -2.21. The van der Waals surface area contributed by atoms with Crippen LogP contribution >= 0.6 is 0 Å². The first-order valence-corrected chi connectivity index (χ1v) is 6.68. The Kier molecular flexibility index (Phi) is 3.33. The van der Waals surface area contributed by atoms with Crippen LogP contribution in [0.1, 0.15) is 18.0 Å². The normalized spacial score (nSPS) is 26.7. The molecule has 2 unspecified atom stereocenters. The number of rotatable bonds is 2. The fourth-order valence-electron chi connectivity index (χ4n) is 2.97. The van der Waals surface area contributed by atoms with E-state index in [9.17, 15) is 4.39 Å². The number of nitrogens with two attached hydrogens (primary N) is 1. The summed E-state index contributed by atoms with van der Waals surface area (Å²) < 4.78 is 25.2. The molecule has 4 nitrogen and oxygen atoms in total. The minimum absolute atomic E-state index is 0.0735. The molecule has 2 N–H and O–H groups in total. The van der Waals surface area contributed by atoms with Crippen LogP contribution in [0, 0.1) is 11.7 Å². The third-order valence-electron chi connectivity index (χ3n) is 3.99. The van der Waals surface area contributed by atoms with Gasteiger partial charge in [0, 0.05) is 24.2 Å². The van der Waals surface area contributed by atoms with E-state index in [2.05, 4.69) is 4.90 Å². The average molecular weight is 266 g/mol. The van der Waals surface area contributed by atoms with E-state index < -0.39 is 0 Å². The van der Waals surface area contributed by atoms with Gasteiger partial charge in [0.25, 0.3) is 0 Å². The lowest BCUT2D eigenvalue weighted by Gasteiger charge is -2.24. The highest BCUT2D eigenvalue weighted by Crippen LogP contribution is 2.40. The fourth-order valence-corrected chi connectivity index (χ4v) is 2.97. The van der Waals surface area contributed by atoms with Crippen LogP contribution in [0.4, 0.5) is 4.39 Å². The summed E-state index contributed by atoms with van der Waals surface area (Å²) in [5.74, 6) is 1.36. The molecule has 2 heterocycles. The standard InChI is InChI=1S/C14H19FN2O2/c1-17-8-9(7-16)4-12(17)10-5-13-14(6-11(10)15)19-3-2-18-13/h5-6,9,12H,2-4,7-8,16H2,1H3. The van der Waals surface area contributed by atoms with Crippen molar-refractivity contribution in [3.8, 4) is 11.5 Å². The van der Waals surface area contributed by atoms with Gasteiger partial charge in [-0.2, -0.15) is 0 Å². The summed E-state index contributed by atoms with van der Waals surface area (Å²) in [6.07, 6.45) is 0.892. The van der Waals surface area contributed by atoms with Crippen molar-refractivity contribution in [2.45, 2.75) is 12.5 Å². The van der Waals surface area contributed by atoms with E-state index >= 15 is 0 Å². The van der Waals surface area contributed by atoms with E-state index in [0.29, 0.717) is 42.7 Å². The predicted molar refractivity (Wildman–Crippen MR) is 69.9 cm³/mol. The second-order valence-electron chi connectivity index (χ2n) is 5.31. The summed E-state index contributed by atoms with van der Waals surface area (Å²) in [6, 6.07) is 3.29. The molecule has 1 aromatic carbocycles. The molecule has 2 aliphatic rings. The van der Waals surface area contributed by atoms with Crippen LogP contribution in [-0.2, 0) is 0 Å². The van der Waals surface area contributed by atoms with Gasteiger partial charge in [0.05, 0.1) is 0 Å². The van der Waals surface area contributed by atoms with Crippen LogP contribution in [0.2, 0.25) is 0 Å². The van der Waals surface area contributed by atoms with Crippen molar-refractivity contribution < 1.29 is 13.9 Å². The van der Waals surface area contributed by atoms with Gasteiger partial charge in [-0.3, -0.25) is 4.90 Å². The summed E-state index contributed by atoms with van der Waals surface area (Å²) in [4.78, 5) is 2.16. The zero-order chi connectivity index (χ0) is 13.4. The summed E-state index contributed by atoms with van der Waals surface area (Å²) in [6.45, 7) is 2.55. The molecule has 1 saturated heterocycles. The Balaban J connectivity index is 1.92. The monoisotopic (exact) mass is 266 g/mol. The van der Waals surface area contributed by atoms with Crippen molar-refractivity contribution in [1.29, 1.82) is 0 Å². The van der Waals surface area contributed by atoms with E-state index in [1.54, 1.807) is 6.07 Å². The van der Waals surface area contributed by atoms with Gasteiger partial charge in [0.15, 0.2) is 11.5 Å². The molecule has 1 fully saturated rings. The number of halogens is 1. The number of fused-ring (bicyclic) bond motifs is 1. The first kappa shape index (κ1) is 12.7. The second-order valence-corrected chi connectivity index (χ2v) is 5.31. The molecule has 0 aromatic heterocycles. The van der Waals surface area contributed by atoms with Gasteiger partial charge in [-0.05, 0) is 32.0 Å². The van der Waals surface area contributed by atoms with Crippen molar-refractivity contribution in [3.63, 3.8) is 0 Å². The number of benzene rings is 1. The van der Waals surface area contributed by atoms with Crippen molar-refractivity contribution in [2.75, 3.05) is 33.4 Å². The molecule has 0 radical (unpaired) electrons. The SMILES string of the molecule is CN1CC(CN)CC1c1cc2c(cc1F)OCCO2. The van der Waals surface area contributed by atoms with Gasteiger partial charge in [-0.15, -0.1) is 0 Å². The van der Waals surface area contributed by atoms with Crippen LogP contribution in [0.5, 0.6) is 11.5 Å². The lowest BCUT2D eigenvalue weighted by molar-refractivity contribution is 0.169. The number of likely N-dealkylation sites (tertiary alicyclic amines) is 1. The van der Waals surface area contributed by atoms with E-state index in [-0.39, 0.29) is 11.9 Å². The number of ether oxygens (including phenoxy) is 2. The topological polar surface area (TPSA) is 47.7 Å². The van der Waals surface area contributed by atoms with Gasteiger partial charge in [0.2, 0.25) is 0 Å². The predicted octanol–water partition coefficient (Wildman–Crippen LogP) is 1.55. The number of hydrogen-bond acceptors (Lipinski definition) is 4. The molecular weight excluding hydrogens is 247 g/mol. The van der Waals surface area contributed by atoms with Crippen molar-refractivity contribution in [2.24, 2.45) is 11.7 Å². The number of hydrogen-bond donors (Lipinski definition) is 1. The Labute approximate surface area is 112 Å². The van der Waals surface area contributed by atoms with E-state index in [1.165, 1.54) is 6.07 Å². The Morgan fingerprint density at radius 1 is 1.32 bits per heavy atom. The molecule has 1 aromatic rings. The molecule has 0 spiro atoms.